The molecular weight excluding hydrogens is 418 g/mol. The van der Waals surface area contributed by atoms with Crippen molar-refractivity contribution in [2.24, 2.45) is 0 Å². The van der Waals surface area contributed by atoms with Gasteiger partial charge in [0.15, 0.2) is 5.11 Å². The number of ether oxygens (including phenoxy) is 1. The molecule has 1 aliphatic carbocycles. The highest BCUT2D eigenvalue weighted by Gasteiger charge is 2.22. The van der Waals surface area contributed by atoms with Crippen molar-refractivity contribution in [3.05, 3.63) is 54.6 Å². The molecule has 1 heterocycles. The van der Waals surface area contributed by atoms with Crippen molar-refractivity contribution in [2.75, 3.05) is 36.7 Å². The molecule has 0 atom stereocenters. The number of pyridine rings is 1. The highest BCUT2D eigenvalue weighted by atomic mass is 32.1. The number of para-hydroxylation sites is 3. The van der Waals surface area contributed by atoms with Crippen molar-refractivity contribution in [1.29, 1.82) is 0 Å². The molecule has 0 unspecified atom stereocenters. The predicted octanol–water partition coefficient (Wildman–Crippen LogP) is 5.02. The number of nitrogens with zero attached hydrogens (tertiary/aromatic N) is 2. The van der Waals surface area contributed by atoms with Gasteiger partial charge in [0.05, 0.1) is 18.3 Å². The van der Waals surface area contributed by atoms with Crippen molar-refractivity contribution in [3.8, 4) is 5.75 Å². The van der Waals surface area contributed by atoms with Gasteiger partial charge in [0, 0.05) is 43.3 Å². The van der Waals surface area contributed by atoms with E-state index in [9.17, 15) is 0 Å². The Hall–Kier alpha value is -3.06. The van der Waals surface area contributed by atoms with Gasteiger partial charge in [0.1, 0.15) is 11.6 Å². The molecular formula is C25H31N5OS. The highest BCUT2D eigenvalue weighted by molar-refractivity contribution is 7.80. The van der Waals surface area contributed by atoms with Crippen molar-refractivity contribution in [2.45, 2.75) is 37.8 Å². The van der Waals surface area contributed by atoms with Crippen LogP contribution in [-0.4, -0.2) is 43.4 Å². The van der Waals surface area contributed by atoms with E-state index in [4.69, 9.17) is 21.9 Å². The minimum atomic E-state index is 0.365. The summed E-state index contributed by atoms with van der Waals surface area (Å²) in [6.07, 6.45) is 4.25. The van der Waals surface area contributed by atoms with Crippen LogP contribution < -0.4 is 25.6 Å². The minimum Gasteiger partial charge on any atom is -0.495 e. The van der Waals surface area contributed by atoms with Crippen LogP contribution in [0.25, 0.3) is 10.9 Å². The fourth-order valence-corrected chi connectivity index (χ4v) is 4.56. The largest absolute Gasteiger partial charge is 0.495 e. The van der Waals surface area contributed by atoms with Crippen molar-refractivity contribution in [3.63, 3.8) is 0 Å². The summed E-state index contributed by atoms with van der Waals surface area (Å²) in [5, 5.41) is 12.2. The Kier molecular flexibility index (Phi) is 6.95. The van der Waals surface area contributed by atoms with Gasteiger partial charge < -0.3 is 25.6 Å². The lowest BCUT2D eigenvalue weighted by Gasteiger charge is -2.31. The Balaban J connectivity index is 1.33. The molecule has 4 rings (SSSR count). The van der Waals surface area contributed by atoms with E-state index in [-0.39, 0.29) is 0 Å². The molecule has 1 aliphatic rings. The Labute approximate surface area is 195 Å². The summed E-state index contributed by atoms with van der Waals surface area (Å²) < 4.78 is 5.39. The molecule has 0 bridgehead atoms. The minimum absolute atomic E-state index is 0.365. The van der Waals surface area contributed by atoms with Crippen molar-refractivity contribution in [1.82, 2.24) is 10.3 Å². The number of anilines is 3. The van der Waals surface area contributed by atoms with Crippen LogP contribution in [0.2, 0.25) is 0 Å². The summed E-state index contributed by atoms with van der Waals surface area (Å²) in [6, 6.07) is 19.0. The molecule has 168 valence electrons. The van der Waals surface area contributed by atoms with Crippen LogP contribution in [0.1, 0.15) is 25.7 Å². The van der Waals surface area contributed by atoms with Crippen LogP contribution in [0.15, 0.2) is 54.6 Å². The van der Waals surface area contributed by atoms with Gasteiger partial charge in [-0.05, 0) is 56.1 Å². The summed E-state index contributed by atoms with van der Waals surface area (Å²) >= 11 is 5.53. The third kappa shape index (κ3) is 5.22. The Bertz CT molecular complexity index is 1080. The monoisotopic (exact) mass is 449 g/mol. The lowest BCUT2D eigenvalue weighted by Crippen LogP contribution is -2.42. The number of methoxy groups -OCH3 is 1. The molecule has 2 aromatic carbocycles. The summed E-state index contributed by atoms with van der Waals surface area (Å²) in [7, 11) is 5.81. The second kappa shape index (κ2) is 10.0. The molecule has 0 amide bonds. The van der Waals surface area contributed by atoms with Crippen molar-refractivity contribution >= 4 is 45.4 Å². The lowest BCUT2D eigenvalue weighted by atomic mass is 9.91. The average Bonchev–Trinajstić information content (AvgIpc) is 2.80. The van der Waals surface area contributed by atoms with Gasteiger partial charge in [-0.25, -0.2) is 4.98 Å². The van der Waals surface area contributed by atoms with Crippen LogP contribution >= 0.6 is 12.2 Å². The van der Waals surface area contributed by atoms with Crippen LogP contribution in [0.5, 0.6) is 5.75 Å². The van der Waals surface area contributed by atoms with E-state index in [0.717, 1.165) is 48.5 Å². The molecule has 1 saturated carbocycles. The third-order valence-corrected chi connectivity index (χ3v) is 6.17. The van der Waals surface area contributed by atoms with E-state index in [0.29, 0.717) is 17.2 Å². The maximum absolute atomic E-state index is 5.53. The molecule has 3 N–H and O–H groups in total. The van der Waals surface area contributed by atoms with Gasteiger partial charge in [-0.2, -0.15) is 0 Å². The number of nitrogens with one attached hydrogen (secondary N) is 3. The molecule has 1 aromatic heterocycles. The highest BCUT2D eigenvalue weighted by Crippen LogP contribution is 2.29. The van der Waals surface area contributed by atoms with E-state index in [1.54, 1.807) is 7.11 Å². The zero-order valence-electron chi connectivity index (χ0n) is 18.9. The van der Waals surface area contributed by atoms with Gasteiger partial charge in [-0.1, -0.05) is 30.3 Å². The normalized spacial score (nSPS) is 18.1. The lowest BCUT2D eigenvalue weighted by molar-refractivity contribution is 0.388. The smallest absolute Gasteiger partial charge is 0.171 e. The molecule has 32 heavy (non-hydrogen) atoms. The molecule has 7 heteroatoms. The van der Waals surface area contributed by atoms with Crippen molar-refractivity contribution < 1.29 is 4.74 Å². The first-order valence-electron chi connectivity index (χ1n) is 11.1. The zero-order chi connectivity index (χ0) is 22.5. The maximum atomic E-state index is 5.53. The van der Waals surface area contributed by atoms with Gasteiger partial charge in [-0.15, -0.1) is 0 Å². The topological polar surface area (TPSA) is 61.5 Å². The van der Waals surface area contributed by atoms with Gasteiger partial charge >= 0.3 is 0 Å². The average molecular weight is 450 g/mol. The molecule has 0 radical (unpaired) electrons. The van der Waals surface area contributed by atoms with E-state index >= 15 is 0 Å². The first-order valence-corrected chi connectivity index (χ1v) is 11.5. The number of fused-ring (bicyclic) bond motifs is 1. The fourth-order valence-electron chi connectivity index (χ4n) is 4.28. The van der Waals surface area contributed by atoms with Gasteiger partial charge in [-0.3, -0.25) is 0 Å². The Morgan fingerprint density at radius 2 is 1.69 bits per heavy atom. The predicted molar refractivity (Wildman–Crippen MR) is 138 cm³/mol. The van der Waals surface area contributed by atoms with Gasteiger partial charge in [0.2, 0.25) is 0 Å². The molecule has 3 aromatic rings. The molecule has 0 aliphatic heterocycles. The zero-order valence-corrected chi connectivity index (χ0v) is 19.7. The number of hydrogen-bond donors (Lipinski definition) is 3. The number of thiocarbonyl (C=S) groups is 1. The van der Waals surface area contributed by atoms with Crippen LogP contribution in [0, 0.1) is 0 Å². The molecule has 1 fully saturated rings. The summed E-state index contributed by atoms with van der Waals surface area (Å²) in [5.74, 6) is 1.72. The second-order valence-electron chi connectivity index (χ2n) is 8.43. The van der Waals surface area contributed by atoms with Crippen LogP contribution in [-0.2, 0) is 0 Å². The SMILES string of the molecule is COc1ccccc1NC(=S)N[C@H]1CC[C@@H](Nc2cc(N(C)C)c3ccccc3n2)CC1. The van der Waals surface area contributed by atoms with E-state index in [1.807, 2.05) is 30.3 Å². The number of aromatic nitrogens is 1. The number of hydrogen-bond acceptors (Lipinski definition) is 5. The Morgan fingerprint density at radius 1 is 1.00 bits per heavy atom. The third-order valence-electron chi connectivity index (χ3n) is 5.95. The first kappa shape index (κ1) is 22.1. The van der Waals surface area contributed by atoms with E-state index < -0.39 is 0 Å². The van der Waals surface area contributed by atoms with Gasteiger partial charge in [0.25, 0.3) is 0 Å². The van der Waals surface area contributed by atoms with E-state index in [2.05, 4.69) is 59.2 Å². The number of benzene rings is 2. The molecule has 0 spiro atoms. The van der Waals surface area contributed by atoms with Crippen LogP contribution in [0.3, 0.4) is 0 Å². The summed E-state index contributed by atoms with van der Waals surface area (Å²) in [6.45, 7) is 0. The van der Waals surface area contributed by atoms with Crippen LogP contribution in [0.4, 0.5) is 17.2 Å². The summed E-state index contributed by atoms with van der Waals surface area (Å²) in [4.78, 5) is 6.99. The second-order valence-corrected chi connectivity index (χ2v) is 8.84. The Morgan fingerprint density at radius 3 is 2.44 bits per heavy atom. The molecule has 6 nitrogen and oxygen atoms in total. The standard InChI is InChI=1S/C25H31N5OS/c1-30(2)22-16-24(28-20-9-5-4-8-19(20)22)26-17-12-14-18(15-13-17)27-25(32)29-21-10-6-7-11-23(21)31-3/h4-11,16-18H,12-15H2,1-3H3,(H,26,28)(H2,27,29,32)/t17-,18+. The maximum Gasteiger partial charge on any atom is 0.171 e. The summed E-state index contributed by atoms with van der Waals surface area (Å²) in [5.41, 5.74) is 3.08. The molecule has 0 saturated heterocycles. The fraction of sp³-hybridized carbons (Fsp3) is 0.360. The number of rotatable bonds is 6. The quantitative estimate of drug-likeness (QED) is 0.457. The first-order chi connectivity index (χ1) is 15.5. The van der Waals surface area contributed by atoms with E-state index in [1.165, 1.54) is 11.1 Å².